The minimum atomic E-state index is -0.841. The Bertz CT molecular complexity index is 612. The zero-order valence-electron chi connectivity index (χ0n) is 10.6. The molecular formula is C16H14O3. The molecule has 2 rings (SSSR count). The zero-order chi connectivity index (χ0) is 13.8. The molecule has 0 aromatic heterocycles. The Morgan fingerprint density at radius 1 is 1.00 bits per heavy atom. The Hall–Kier alpha value is -2.42. The van der Waals surface area contributed by atoms with Crippen LogP contribution in [-0.4, -0.2) is 16.9 Å². The summed E-state index contributed by atoms with van der Waals surface area (Å²) >= 11 is 0. The molecule has 96 valence electrons. The van der Waals surface area contributed by atoms with E-state index in [2.05, 4.69) is 0 Å². The summed E-state index contributed by atoms with van der Waals surface area (Å²) in [6.45, 7) is 1.54. The molecule has 0 unspecified atom stereocenters. The van der Waals surface area contributed by atoms with Gasteiger partial charge in [0.1, 0.15) is 0 Å². The summed E-state index contributed by atoms with van der Waals surface area (Å²) in [5.41, 5.74) is 3.36. The topological polar surface area (TPSA) is 54.4 Å². The second-order valence-corrected chi connectivity index (χ2v) is 4.40. The van der Waals surface area contributed by atoms with E-state index in [0.717, 1.165) is 16.7 Å². The van der Waals surface area contributed by atoms with Crippen molar-refractivity contribution in [2.24, 2.45) is 0 Å². The van der Waals surface area contributed by atoms with Crippen molar-refractivity contribution in [1.29, 1.82) is 0 Å². The van der Waals surface area contributed by atoms with E-state index >= 15 is 0 Å². The first-order valence-corrected chi connectivity index (χ1v) is 5.98. The van der Waals surface area contributed by atoms with Gasteiger partial charge >= 0.3 is 5.97 Å². The highest BCUT2D eigenvalue weighted by Gasteiger charge is 2.04. The van der Waals surface area contributed by atoms with E-state index < -0.39 is 5.97 Å². The zero-order valence-corrected chi connectivity index (χ0v) is 10.6. The fourth-order valence-electron chi connectivity index (χ4n) is 1.91. The number of carbonyl (C=O) groups is 2. The van der Waals surface area contributed by atoms with Gasteiger partial charge in [0.05, 0.1) is 6.42 Å². The molecule has 3 heteroatoms. The van der Waals surface area contributed by atoms with Crippen molar-refractivity contribution < 1.29 is 14.7 Å². The molecule has 3 nitrogen and oxygen atoms in total. The largest absolute Gasteiger partial charge is 0.481 e. The van der Waals surface area contributed by atoms with Gasteiger partial charge in [-0.2, -0.15) is 0 Å². The lowest BCUT2D eigenvalue weighted by Crippen LogP contribution is -1.99. The van der Waals surface area contributed by atoms with Gasteiger partial charge in [-0.25, -0.2) is 0 Å². The van der Waals surface area contributed by atoms with Crippen molar-refractivity contribution in [2.75, 3.05) is 0 Å². The van der Waals surface area contributed by atoms with Crippen molar-refractivity contribution in [3.05, 3.63) is 59.7 Å². The van der Waals surface area contributed by atoms with Gasteiger partial charge < -0.3 is 5.11 Å². The third kappa shape index (κ3) is 3.28. The smallest absolute Gasteiger partial charge is 0.307 e. The van der Waals surface area contributed by atoms with Crippen LogP contribution in [0.1, 0.15) is 22.8 Å². The van der Waals surface area contributed by atoms with Crippen molar-refractivity contribution in [2.45, 2.75) is 13.3 Å². The maximum absolute atomic E-state index is 11.3. The minimum Gasteiger partial charge on any atom is -0.481 e. The molecule has 0 heterocycles. The summed E-state index contributed by atoms with van der Waals surface area (Å²) in [4.78, 5) is 21.9. The molecule has 0 radical (unpaired) electrons. The van der Waals surface area contributed by atoms with E-state index in [4.69, 9.17) is 5.11 Å². The number of rotatable bonds is 4. The first kappa shape index (κ1) is 13.0. The Morgan fingerprint density at radius 2 is 1.68 bits per heavy atom. The van der Waals surface area contributed by atoms with Gasteiger partial charge in [0.2, 0.25) is 0 Å². The van der Waals surface area contributed by atoms with Gasteiger partial charge in [0.15, 0.2) is 5.78 Å². The number of aliphatic carboxylic acids is 1. The predicted octanol–water partition coefficient (Wildman–Crippen LogP) is 3.18. The highest BCUT2D eigenvalue weighted by Crippen LogP contribution is 2.21. The lowest BCUT2D eigenvalue weighted by molar-refractivity contribution is -0.136. The average Bonchev–Trinajstić information content (AvgIpc) is 2.39. The molecule has 0 bridgehead atoms. The van der Waals surface area contributed by atoms with Crippen molar-refractivity contribution in [3.63, 3.8) is 0 Å². The first-order chi connectivity index (χ1) is 9.06. The van der Waals surface area contributed by atoms with Crippen LogP contribution in [0.15, 0.2) is 48.5 Å². The van der Waals surface area contributed by atoms with Crippen molar-refractivity contribution in [1.82, 2.24) is 0 Å². The second kappa shape index (κ2) is 5.48. The van der Waals surface area contributed by atoms with Crippen LogP contribution in [0.5, 0.6) is 0 Å². The summed E-state index contributed by atoms with van der Waals surface area (Å²) in [6.07, 6.45) is 0.0216. The molecule has 0 aliphatic carbocycles. The average molecular weight is 254 g/mol. The molecule has 0 aliphatic heterocycles. The number of benzene rings is 2. The van der Waals surface area contributed by atoms with E-state index in [-0.39, 0.29) is 12.2 Å². The number of carbonyl (C=O) groups excluding carboxylic acids is 1. The van der Waals surface area contributed by atoms with Gasteiger partial charge in [-0.3, -0.25) is 9.59 Å². The van der Waals surface area contributed by atoms with Crippen LogP contribution in [0.3, 0.4) is 0 Å². The SMILES string of the molecule is CC(=O)c1cccc(-c2ccc(CC(=O)O)cc2)c1. The molecule has 1 N–H and O–H groups in total. The predicted molar refractivity (Wildman–Crippen MR) is 73.2 cm³/mol. The normalized spacial score (nSPS) is 10.2. The van der Waals surface area contributed by atoms with Crippen LogP contribution in [-0.2, 0) is 11.2 Å². The van der Waals surface area contributed by atoms with E-state index in [0.29, 0.717) is 5.56 Å². The molecule has 2 aromatic rings. The monoisotopic (exact) mass is 254 g/mol. The molecule has 0 amide bonds. The number of carboxylic acid groups (broad SMARTS) is 1. The second-order valence-electron chi connectivity index (χ2n) is 4.40. The molecular weight excluding hydrogens is 240 g/mol. The Labute approximate surface area is 111 Å². The number of hydrogen-bond acceptors (Lipinski definition) is 2. The van der Waals surface area contributed by atoms with Gasteiger partial charge in [0.25, 0.3) is 0 Å². The van der Waals surface area contributed by atoms with Crippen LogP contribution >= 0.6 is 0 Å². The Balaban J connectivity index is 2.29. The third-order valence-electron chi connectivity index (χ3n) is 2.91. The molecule has 2 aromatic carbocycles. The lowest BCUT2D eigenvalue weighted by Gasteiger charge is -2.05. The van der Waals surface area contributed by atoms with Crippen LogP contribution < -0.4 is 0 Å². The molecule has 0 saturated carbocycles. The van der Waals surface area contributed by atoms with E-state index in [1.54, 1.807) is 18.2 Å². The van der Waals surface area contributed by atoms with E-state index in [1.165, 1.54) is 6.92 Å². The molecule has 0 saturated heterocycles. The number of Topliss-reactive ketones (excluding diaryl/α,β-unsaturated/α-hetero) is 1. The fourth-order valence-corrected chi connectivity index (χ4v) is 1.91. The quantitative estimate of drug-likeness (QED) is 0.852. The van der Waals surface area contributed by atoms with Gasteiger partial charge in [-0.1, -0.05) is 42.5 Å². The van der Waals surface area contributed by atoms with Gasteiger partial charge in [0, 0.05) is 5.56 Å². The Kier molecular flexibility index (Phi) is 3.76. The fraction of sp³-hybridized carbons (Fsp3) is 0.125. The number of ketones is 1. The van der Waals surface area contributed by atoms with Crippen LogP contribution in [0.4, 0.5) is 0 Å². The minimum absolute atomic E-state index is 0.0216. The van der Waals surface area contributed by atoms with Gasteiger partial charge in [-0.05, 0) is 29.7 Å². The highest BCUT2D eigenvalue weighted by atomic mass is 16.4. The van der Waals surface area contributed by atoms with Crippen LogP contribution in [0.25, 0.3) is 11.1 Å². The molecule has 0 atom stereocenters. The summed E-state index contributed by atoms with van der Waals surface area (Å²) in [7, 11) is 0. The van der Waals surface area contributed by atoms with Gasteiger partial charge in [-0.15, -0.1) is 0 Å². The molecule has 0 fully saturated rings. The maximum Gasteiger partial charge on any atom is 0.307 e. The van der Waals surface area contributed by atoms with E-state index in [9.17, 15) is 9.59 Å². The highest BCUT2D eigenvalue weighted by molar-refractivity contribution is 5.95. The third-order valence-corrected chi connectivity index (χ3v) is 2.91. The number of carboxylic acids is 1. The van der Waals surface area contributed by atoms with Crippen LogP contribution in [0, 0.1) is 0 Å². The van der Waals surface area contributed by atoms with Crippen LogP contribution in [0.2, 0.25) is 0 Å². The number of hydrogen-bond donors (Lipinski definition) is 1. The maximum atomic E-state index is 11.3. The summed E-state index contributed by atoms with van der Waals surface area (Å²) < 4.78 is 0. The summed E-state index contributed by atoms with van der Waals surface area (Å²) in [5, 5.41) is 8.71. The van der Waals surface area contributed by atoms with Crippen molar-refractivity contribution in [3.8, 4) is 11.1 Å². The van der Waals surface area contributed by atoms with Crippen molar-refractivity contribution >= 4 is 11.8 Å². The van der Waals surface area contributed by atoms with E-state index in [1.807, 2.05) is 30.3 Å². The lowest BCUT2D eigenvalue weighted by atomic mass is 10.00. The molecule has 0 spiro atoms. The Morgan fingerprint density at radius 3 is 2.26 bits per heavy atom. The summed E-state index contributed by atoms with van der Waals surface area (Å²) in [6, 6.07) is 14.7. The standard InChI is InChI=1S/C16H14O3/c1-11(17)14-3-2-4-15(10-14)13-7-5-12(6-8-13)9-16(18)19/h2-8,10H,9H2,1H3,(H,18,19). The molecule has 19 heavy (non-hydrogen) atoms. The first-order valence-electron chi connectivity index (χ1n) is 5.98. The molecule has 0 aliphatic rings. The summed E-state index contributed by atoms with van der Waals surface area (Å²) in [5.74, 6) is -0.810.